The average molecular weight is 282 g/mol. The van der Waals surface area contributed by atoms with Crippen LogP contribution in [-0.2, 0) is 6.54 Å². The minimum Gasteiger partial charge on any atom is -0.508 e. The number of phenols is 1. The van der Waals surface area contributed by atoms with Crippen LogP contribution in [0.1, 0.15) is 18.4 Å². The zero-order chi connectivity index (χ0) is 14.5. The van der Waals surface area contributed by atoms with E-state index in [0.717, 1.165) is 38.2 Å². The van der Waals surface area contributed by atoms with Gasteiger partial charge in [-0.1, -0.05) is 30.3 Å². The molecule has 1 aliphatic heterocycles. The van der Waals surface area contributed by atoms with Crippen molar-refractivity contribution in [2.45, 2.75) is 25.4 Å². The zero-order valence-corrected chi connectivity index (χ0v) is 12.2. The molecule has 0 spiro atoms. The predicted molar refractivity (Wildman–Crippen MR) is 86.5 cm³/mol. The molecule has 0 radical (unpaired) electrons. The third-order valence-electron chi connectivity index (χ3n) is 4.07. The lowest BCUT2D eigenvalue weighted by Gasteiger charge is -2.32. The van der Waals surface area contributed by atoms with E-state index in [2.05, 4.69) is 40.5 Å². The highest BCUT2D eigenvalue weighted by Crippen LogP contribution is 2.20. The summed E-state index contributed by atoms with van der Waals surface area (Å²) in [7, 11) is 0. The molecule has 0 aromatic heterocycles. The summed E-state index contributed by atoms with van der Waals surface area (Å²) in [5, 5.41) is 12.9. The Bertz CT molecular complexity index is 545. The van der Waals surface area contributed by atoms with Crippen LogP contribution < -0.4 is 5.32 Å². The Kier molecular flexibility index (Phi) is 4.41. The summed E-state index contributed by atoms with van der Waals surface area (Å²) in [4.78, 5) is 2.52. The maximum Gasteiger partial charge on any atom is 0.115 e. The SMILES string of the molecule is Oc1ccc(NC2CCN(Cc3ccccc3)CC2)cc1. The second-order valence-corrected chi connectivity index (χ2v) is 5.73. The molecule has 2 aromatic carbocycles. The van der Waals surface area contributed by atoms with E-state index in [1.54, 1.807) is 12.1 Å². The van der Waals surface area contributed by atoms with Crippen molar-refractivity contribution in [1.29, 1.82) is 0 Å². The van der Waals surface area contributed by atoms with Crippen LogP contribution in [0.25, 0.3) is 0 Å². The standard InChI is InChI=1S/C18H22N2O/c21-18-8-6-16(7-9-18)19-17-10-12-20(13-11-17)14-15-4-2-1-3-5-15/h1-9,17,19,21H,10-14H2. The molecule has 2 aromatic rings. The lowest BCUT2D eigenvalue weighted by molar-refractivity contribution is 0.211. The minimum atomic E-state index is 0.318. The molecule has 21 heavy (non-hydrogen) atoms. The van der Waals surface area contributed by atoms with Gasteiger partial charge in [-0.05, 0) is 42.7 Å². The Hall–Kier alpha value is -2.00. The molecule has 2 N–H and O–H groups in total. The molecule has 3 heteroatoms. The lowest BCUT2D eigenvalue weighted by Crippen LogP contribution is -2.38. The molecule has 3 nitrogen and oxygen atoms in total. The molecule has 1 aliphatic rings. The van der Waals surface area contributed by atoms with Crippen molar-refractivity contribution in [3.63, 3.8) is 0 Å². The number of anilines is 1. The van der Waals surface area contributed by atoms with Crippen molar-refractivity contribution in [3.05, 3.63) is 60.2 Å². The maximum atomic E-state index is 9.30. The number of nitrogens with zero attached hydrogens (tertiary/aromatic N) is 1. The normalized spacial score (nSPS) is 16.8. The van der Waals surface area contributed by atoms with Gasteiger partial charge in [-0.25, -0.2) is 0 Å². The first-order chi connectivity index (χ1) is 10.3. The van der Waals surface area contributed by atoms with Crippen LogP contribution in [0.3, 0.4) is 0 Å². The third-order valence-corrected chi connectivity index (χ3v) is 4.07. The number of piperidine rings is 1. The van der Waals surface area contributed by atoms with Crippen molar-refractivity contribution in [2.24, 2.45) is 0 Å². The van der Waals surface area contributed by atoms with Crippen molar-refractivity contribution in [3.8, 4) is 5.75 Å². The van der Waals surface area contributed by atoms with Crippen LogP contribution in [0.4, 0.5) is 5.69 Å². The van der Waals surface area contributed by atoms with Gasteiger partial charge in [0.15, 0.2) is 0 Å². The van der Waals surface area contributed by atoms with Crippen LogP contribution in [0, 0.1) is 0 Å². The highest BCUT2D eigenvalue weighted by atomic mass is 16.3. The topological polar surface area (TPSA) is 35.5 Å². The van der Waals surface area contributed by atoms with E-state index >= 15 is 0 Å². The van der Waals surface area contributed by atoms with Crippen LogP contribution in [0.15, 0.2) is 54.6 Å². The Morgan fingerprint density at radius 3 is 2.29 bits per heavy atom. The fraction of sp³-hybridized carbons (Fsp3) is 0.333. The first kappa shape index (κ1) is 14.0. The molecule has 3 rings (SSSR count). The molecule has 0 atom stereocenters. The number of phenolic OH excluding ortho intramolecular Hbond substituents is 1. The maximum absolute atomic E-state index is 9.30. The Morgan fingerprint density at radius 2 is 1.62 bits per heavy atom. The molecule has 110 valence electrons. The molecule has 1 saturated heterocycles. The molecule has 0 unspecified atom stereocenters. The van der Waals surface area contributed by atoms with Gasteiger partial charge in [-0.2, -0.15) is 0 Å². The predicted octanol–water partition coefficient (Wildman–Crippen LogP) is 3.47. The summed E-state index contributed by atoms with van der Waals surface area (Å²) >= 11 is 0. The number of benzene rings is 2. The van der Waals surface area contributed by atoms with Gasteiger partial charge >= 0.3 is 0 Å². The van der Waals surface area contributed by atoms with E-state index in [1.165, 1.54) is 5.56 Å². The molecule has 1 fully saturated rings. The van der Waals surface area contributed by atoms with Crippen molar-refractivity contribution in [2.75, 3.05) is 18.4 Å². The molecule has 0 bridgehead atoms. The van der Waals surface area contributed by atoms with E-state index in [0.29, 0.717) is 11.8 Å². The van der Waals surface area contributed by atoms with Gasteiger partial charge in [0, 0.05) is 31.4 Å². The molecular weight excluding hydrogens is 260 g/mol. The summed E-state index contributed by atoms with van der Waals surface area (Å²) in [6.45, 7) is 3.31. The van der Waals surface area contributed by atoms with Crippen LogP contribution in [-0.4, -0.2) is 29.1 Å². The molecule has 0 aliphatic carbocycles. The summed E-state index contributed by atoms with van der Waals surface area (Å²) in [5.41, 5.74) is 2.48. The number of aromatic hydroxyl groups is 1. The average Bonchev–Trinajstić information content (AvgIpc) is 2.53. The first-order valence-electron chi connectivity index (χ1n) is 7.61. The highest BCUT2D eigenvalue weighted by Gasteiger charge is 2.18. The Labute approximate surface area is 126 Å². The van der Waals surface area contributed by atoms with Gasteiger partial charge in [0.25, 0.3) is 0 Å². The van der Waals surface area contributed by atoms with Gasteiger partial charge in [0.1, 0.15) is 5.75 Å². The van der Waals surface area contributed by atoms with Gasteiger partial charge in [-0.15, -0.1) is 0 Å². The summed E-state index contributed by atoms with van der Waals surface area (Å²) < 4.78 is 0. The number of hydrogen-bond donors (Lipinski definition) is 2. The molecule has 1 heterocycles. The summed E-state index contributed by atoms with van der Waals surface area (Å²) in [6, 6.07) is 18.5. The van der Waals surface area contributed by atoms with Gasteiger partial charge in [-0.3, -0.25) is 4.90 Å². The van der Waals surface area contributed by atoms with Gasteiger partial charge in [0.2, 0.25) is 0 Å². The summed E-state index contributed by atoms with van der Waals surface area (Å²) in [6.07, 6.45) is 2.32. The fourth-order valence-electron chi connectivity index (χ4n) is 2.87. The number of nitrogens with one attached hydrogen (secondary N) is 1. The molecular formula is C18H22N2O. The minimum absolute atomic E-state index is 0.318. The smallest absolute Gasteiger partial charge is 0.115 e. The first-order valence-corrected chi connectivity index (χ1v) is 7.61. The quantitative estimate of drug-likeness (QED) is 0.843. The van der Waals surface area contributed by atoms with Crippen LogP contribution in [0.2, 0.25) is 0 Å². The molecule has 0 saturated carbocycles. The highest BCUT2D eigenvalue weighted by molar-refractivity contribution is 5.46. The van der Waals surface area contributed by atoms with Gasteiger partial charge in [0.05, 0.1) is 0 Å². The van der Waals surface area contributed by atoms with Crippen molar-refractivity contribution >= 4 is 5.69 Å². The van der Waals surface area contributed by atoms with Crippen LogP contribution in [0.5, 0.6) is 5.75 Å². The van der Waals surface area contributed by atoms with E-state index < -0.39 is 0 Å². The number of likely N-dealkylation sites (tertiary alicyclic amines) is 1. The Balaban J connectivity index is 1.47. The van der Waals surface area contributed by atoms with E-state index in [9.17, 15) is 5.11 Å². The number of hydrogen-bond acceptors (Lipinski definition) is 3. The van der Waals surface area contributed by atoms with E-state index in [1.807, 2.05) is 12.1 Å². The monoisotopic (exact) mass is 282 g/mol. The lowest BCUT2D eigenvalue weighted by atomic mass is 10.0. The van der Waals surface area contributed by atoms with Crippen LogP contribution >= 0.6 is 0 Å². The third kappa shape index (κ3) is 3.99. The number of rotatable bonds is 4. The summed E-state index contributed by atoms with van der Waals surface area (Å²) in [5.74, 6) is 0.318. The second-order valence-electron chi connectivity index (χ2n) is 5.73. The second kappa shape index (κ2) is 6.64. The van der Waals surface area contributed by atoms with E-state index in [4.69, 9.17) is 0 Å². The Morgan fingerprint density at radius 1 is 0.952 bits per heavy atom. The molecule has 0 amide bonds. The van der Waals surface area contributed by atoms with Gasteiger partial charge < -0.3 is 10.4 Å². The van der Waals surface area contributed by atoms with E-state index in [-0.39, 0.29) is 0 Å². The van der Waals surface area contributed by atoms with Crippen molar-refractivity contribution < 1.29 is 5.11 Å². The zero-order valence-electron chi connectivity index (χ0n) is 12.2. The largest absolute Gasteiger partial charge is 0.508 e. The van der Waals surface area contributed by atoms with Crippen molar-refractivity contribution in [1.82, 2.24) is 4.90 Å². The fourth-order valence-corrected chi connectivity index (χ4v) is 2.87.